The third kappa shape index (κ3) is 5.01. The van der Waals surface area contributed by atoms with Gasteiger partial charge in [-0.2, -0.15) is 0 Å². The molecule has 118 valence electrons. The van der Waals surface area contributed by atoms with Crippen LogP contribution in [0.4, 0.5) is 0 Å². The molecule has 1 heterocycles. The van der Waals surface area contributed by atoms with Gasteiger partial charge in [0.15, 0.2) is 0 Å². The summed E-state index contributed by atoms with van der Waals surface area (Å²) in [6.45, 7) is 13.6. The monoisotopic (exact) mass is 282 g/mol. The van der Waals surface area contributed by atoms with Gasteiger partial charge in [0.25, 0.3) is 0 Å². The van der Waals surface area contributed by atoms with Crippen molar-refractivity contribution in [3.05, 3.63) is 0 Å². The summed E-state index contributed by atoms with van der Waals surface area (Å²) in [7, 11) is 0. The van der Waals surface area contributed by atoms with Crippen molar-refractivity contribution in [1.29, 1.82) is 0 Å². The third-order valence-electron chi connectivity index (χ3n) is 4.79. The van der Waals surface area contributed by atoms with Crippen LogP contribution in [-0.4, -0.2) is 50.3 Å². The van der Waals surface area contributed by atoms with Gasteiger partial charge in [-0.3, -0.25) is 4.90 Å². The zero-order valence-corrected chi connectivity index (χ0v) is 13.8. The Kier molecular flexibility index (Phi) is 6.31. The molecule has 0 amide bonds. The fourth-order valence-electron chi connectivity index (χ4n) is 3.28. The molecule has 1 N–H and O–H groups in total. The number of nitrogens with zero attached hydrogens (tertiary/aromatic N) is 1. The van der Waals surface area contributed by atoms with Crippen molar-refractivity contribution in [3.63, 3.8) is 0 Å². The first-order chi connectivity index (χ1) is 9.65. The van der Waals surface area contributed by atoms with E-state index in [1.165, 1.54) is 45.2 Å². The second-order valence-electron chi connectivity index (χ2n) is 7.30. The molecule has 0 aromatic carbocycles. The fourth-order valence-corrected chi connectivity index (χ4v) is 3.28. The summed E-state index contributed by atoms with van der Waals surface area (Å²) in [6, 6.07) is 0.653. The summed E-state index contributed by atoms with van der Waals surface area (Å²) in [6.07, 6.45) is 6.65. The molecule has 1 unspecified atom stereocenters. The molecule has 3 nitrogen and oxygen atoms in total. The van der Waals surface area contributed by atoms with Gasteiger partial charge in [-0.05, 0) is 58.4 Å². The summed E-state index contributed by atoms with van der Waals surface area (Å²) in [5.74, 6) is 0.975. The van der Waals surface area contributed by atoms with Crippen LogP contribution in [-0.2, 0) is 4.74 Å². The lowest BCUT2D eigenvalue weighted by atomic mass is 9.81. The van der Waals surface area contributed by atoms with E-state index in [4.69, 9.17) is 4.74 Å². The average molecular weight is 282 g/mol. The quantitative estimate of drug-likeness (QED) is 0.658. The highest BCUT2D eigenvalue weighted by Crippen LogP contribution is 2.34. The number of rotatable bonds is 9. The molecular formula is C17H34N2O. The van der Waals surface area contributed by atoms with E-state index in [1.807, 2.05) is 0 Å². The van der Waals surface area contributed by atoms with Gasteiger partial charge < -0.3 is 10.1 Å². The fraction of sp³-hybridized carbons (Fsp3) is 1.00. The van der Waals surface area contributed by atoms with Crippen molar-refractivity contribution in [3.8, 4) is 0 Å². The highest BCUT2D eigenvalue weighted by Gasteiger charge is 2.36. The second-order valence-corrected chi connectivity index (χ2v) is 7.30. The second kappa shape index (κ2) is 7.77. The Bertz CT molecular complexity index is 270. The number of ether oxygens (including phenoxy) is 1. The predicted molar refractivity (Wildman–Crippen MR) is 85.1 cm³/mol. The molecule has 0 aromatic heterocycles. The first-order valence-electron chi connectivity index (χ1n) is 8.68. The molecule has 1 aliphatic heterocycles. The van der Waals surface area contributed by atoms with Crippen molar-refractivity contribution >= 4 is 0 Å². The molecule has 3 heteroatoms. The Morgan fingerprint density at radius 2 is 2.15 bits per heavy atom. The summed E-state index contributed by atoms with van der Waals surface area (Å²) in [5, 5.41) is 3.65. The minimum Gasteiger partial charge on any atom is -0.381 e. The van der Waals surface area contributed by atoms with Gasteiger partial charge in [0.2, 0.25) is 0 Å². The minimum absolute atomic E-state index is 0.340. The number of hydrogen-bond donors (Lipinski definition) is 1. The van der Waals surface area contributed by atoms with Gasteiger partial charge in [0.1, 0.15) is 0 Å². The average Bonchev–Trinajstić information content (AvgIpc) is 3.23. The van der Waals surface area contributed by atoms with E-state index in [-0.39, 0.29) is 0 Å². The lowest BCUT2D eigenvalue weighted by Gasteiger charge is -2.42. The number of nitrogens with one attached hydrogen (secondary N) is 1. The van der Waals surface area contributed by atoms with Crippen molar-refractivity contribution in [2.75, 3.05) is 39.4 Å². The molecule has 1 aliphatic carbocycles. The van der Waals surface area contributed by atoms with Crippen LogP contribution in [0.15, 0.2) is 0 Å². The Morgan fingerprint density at radius 1 is 1.35 bits per heavy atom. The Labute approximate surface area is 125 Å². The maximum Gasteiger partial charge on any atom is 0.0546 e. The molecule has 2 fully saturated rings. The summed E-state index contributed by atoms with van der Waals surface area (Å²) < 4.78 is 5.85. The zero-order chi connectivity index (χ0) is 14.4. The van der Waals surface area contributed by atoms with Gasteiger partial charge in [-0.15, -0.1) is 0 Å². The maximum atomic E-state index is 5.85. The van der Waals surface area contributed by atoms with Crippen molar-refractivity contribution in [2.24, 2.45) is 11.3 Å². The summed E-state index contributed by atoms with van der Waals surface area (Å²) >= 11 is 0. The largest absolute Gasteiger partial charge is 0.381 e. The lowest BCUT2D eigenvalue weighted by Crippen LogP contribution is -2.51. The van der Waals surface area contributed by atoms with Crippen LogP contribution in [0.1, 0.15) is 52.9 Å². The molecule has 0 spiro atoms. The molecule has 20 heavy (non-hydrogen) atoms. The Hall–Kier alpha value is -0.120. The van der Waals surface area contributed by atoms with Gasteiger partial charge in [0.05, 0.1) is 6.61 Å². The molecule has 2 rings (SSSR count). The number of hydrogen-bond acceptors (Lipinski definition) is 3. The lowest BCUT2D eigenvalue weighted by molar-refractivity contribution is -0.0315. The highest BCUT2D eigenvalue weighted by molar-refractivity contribution is 4.90. The molecule has 1 atom stereocenters. The Balaban J connectivity index is 1.92. The van der Waals surface area contributed by atoms with Crippen LogP contribution in [0, 0.1) is 11.3 Å². The minimum atomic E-state index is 0.340. The van der Waals surface area contributed by atoms with Crippen LogP contribution in [0.3, 0.4) is 0 Å². The zero-order valence-electron chi connectivity index (χ0n) is 13.8. The molecule has 2 aliphatic rings. The van der Waals surface area contributed by atoms with Crippen molar-refractivity contribution in [1.82, 2.24) is 10.2 Å². The van der Waals surface area contributed by atoms with Crippen LogP contribution in [0.25, 0.3) is 0 Å². The van der Waals surface area contributed by atoms with Crippen LogP contribution >= 0.6 is 0 Å². The van der Waals surface area contributed by atoms with E-state index in [9.17, 15) is 0 Å². The third-order valence-corrected chi connectivity index (χ3v) is 4.79. The van der Waals surface area contributed by atoms with Gasteiger partial charge in [0, 0.05) is 37.7 Å². The molecule has 0 aromatic rings. The molecule has 1 saturated carbocycles. The standard InChI is InChI=1S/C17H34N2O/c1-4-9-18-12-17(8-5-10-20-14-17)13-19(15(2)3)11-16-6-7-16/h15-16,18H,4-14H2,1-3H3. The van der Waals surface area contributed by atoms with E-state index in [1.54, 1.807) is 0 Å². The van der Waals surface area contributed by atoms with E-state index < -0.39 is 0 Å². The molecule has 1 saturated heterocycles. The van der Waals surface area contributed by atoms with E-state index in [2.05, 4.69) is 31.0 Å². The SMILES string of the molecule is CCCNCC1(CN(CC2CC2)C(C)C)CCCOC1. The highest BCUT2D eigenvalue weighted by atomic mass is 16.5. The molecule has 0 bridgehead atoms. The summed E-state index contributed by atoms with van der Waals surface area (Å²) in [4.78, 5) is 2.71. The topological polar surface area (TPSA) is 24.5 Å². The van der Waals surface area contributed by atoms with Crippen molar-refractivity contribution in [2.45, 2.75) is 58.9 Å². The molecule has 0 radical (unpaired) electrons. The van der Waals surface area contributed by atoms with E-state index in [0.29, 0.717) is 11.5 Å². The van der Waals surface area contributed by atoms with E-state index in [0.717, 1.165) is 32.2 Å². The maximum absolute atomic E-state index is 5.85. The normalized spacial score (nSPS) is 27.4. The van der Waals surface area contributed by atoms with Gasteiger partial charge in [-0.1, -0.05) is 6.92 Å². The van der Waals surface area contributed by atoms with Crippen LogP contribution in [0.5, 0.6) is 0 Å². The summed E-state index contributed by atoms with van der Waals surface area (Å²) in [5.41, 5.74) is 0.340. The van der Waals surface area contributed by atoms with Gasteiger partial charge >= 0.3 is 0 Å². The van der Waals surface area contributed by atoms with Gasteiger partial charge in [-0.25, -0.2) is 0 Å². The molecular weight excluding hydrogens is 248 g/mol. The predicted octanol–water partition coefficient (Wildman–Crippen LogP) is 2.90. The Morgan fingerprint density at radius 3 is 2.70 bits per heavy atom. The van der Waals surface area contributed by atoms with Crippen LogP contribution < -0.4 is 5.32 Å². The van der Waals surface area contributed by atoms with Crippen molar-refractivity contribution < 1.29 is 4.74 Å². The smallest absolute Gasteiger partial charge is 0.0546 e. The first kappa shape index (κ1) is 16.3. The van der Waals surface area contributed by atoms with Crippen LogP contribution in [0.2, 0.25) is 0 Å². The van der Waals surface area contributed by atoms with E-state index >= 15 is 0 Å². The first-order valence-corrected chi connectivity index (χ1v) is 8.68.